The van der Waals surface area contributed by atoms with E-state index >= 15 is 0 Å². The van der Waals surface area contributed by atoms with Gasteiger partial charge < -0.3 is 5.11 Å². The third-order valence-corrected chi connectivity index (χ3v) is 4.65. The molecule has 2 heteroatoms. The Kier molecular flexibility index (Phi) is 2.62. The molecule has 3 rings (SSSR count). The van der Waals surface area contributed by atoms with Gasteiger partial charge >= 0.3 is 0 Å². The summed E-state index contributed by atoms with van der Waals surface area (Å²) >= 11 is 0. The average molecular weight is 231 g/mol. The molecule has 0 aliphatic carbocycles. The largest absolute Gasteiger partial charge is 0.508 e. The molecular formula is C15H21NO. The van der Waals surface area contributed by atoms with Crippen LogP contribution in [-0.4, -0.2) is 22.1 Å². The molecule has 0 saturated carbocycles. The van der Waals surface area contributed by atoms with Crippen molar-refractivity contribution in [3.63, 3.8) is 0 Å². The van der Waals surface area contributed by atoms with E-state index in [4.69, 9.17) is 0 Å². The first kappa shape index (κ1) is 11.1. The van der Waals surface area contributed by atoms with Gasteiger partial charge in [0.15, 0.2) is 0 Å². The summed E-state index contributed by atoms with van der Waals surface area (Å²) in [4.78, 5) is 2.70. The summed E-state index contributed by atoms with van der Waals surface area (Å²) in [6, 6.07) is 8.37. The Hall–Kier alpha value is -1.02. The van der Waals surface area contributed by atoms with Crippen molar-refractivity contribution >= 4 is 0 Å². The highest BCUT2D eigenvalue weighted by molar-refractivity contribution is 5.29. The second-order valence-electron chi connectivity index (χ2n) is 5.79. The topological polar surface area (TPSA) is 23.5 Å². The Labute approximate surface area is 103 Å². The molecule has 2 fully saturated rings. The molecule has 2 aliphatic rings. The highest BCUT2D eigenvalue weighted by Crippen LogP contribution is 2.46. The van der Waals surface area contributed by atoms with Gasteiger partial charge in [-0.1, -0.05) is 12.1 Å². The van der Waals surface area contributed by atoms with Gasteiger partial charge in [-0.15, -0.1) is 0 Å². The summed E-state index contributed by atoms with van der Waals surface area (Å²) in [6.07, 6.45) is 6.63. The van der Waals surface area contributed by atoms with Crippen molar-refractivity contribution < 1.29 is 5.11 Å². The molecule has 0 spiro atoms. The van der Waals surface area contributed by atoms with E-state index in [0.29, 0.717) is 17.3 Å². The zero-order valence-corrected chi connectivity index (χ0v) is 10.5. The SMILES string of the molecule is C[C@]12CCC[C@@H](c3ccc(O)cc3)N1CCC2. The van der Waals surface area contributed by atoms with Crippen molar-refractivity contribution in [2.24, 2.45) is 0 Å². The van der Waals surface area contributed by atoms with Gasteiger partial charge in [-0.2, -0.15) is 0 Å². The van der Waals surface area contributed by atoms with E-state index < -0.39 is 0 Å². The number of hydrogen-bond donors (Lipinski definition) is 1. The lowest BCUT2D eigenvalue weighted by atomic mass is 9.83. The molecule has 0 radical (unpaired) electrons. The van der Waals surface area contributed by atoms with Crippen molar-refractivity contribution in [3.8, 4) is 5.75 Å². The predicted octanol–water partition coefficient (Wildman–Crippen LogP) is 3.47. The molecule has 0 bridgehead atoms. The van der Waals surface area contributed by atoms with Crippen molar-refractivity contribution in [2.75, 3.05) is 6.54 Å². The van der Waals surface area contributed by atoms with Crippen LogP contribution in [0.15, 0.2) is 24.3 Å². The van der Waals surface area contributed by atoms with E-state index in [1.165, 1.54) is 44.2 Å². The fourth-order valence-corrected chi connectivity index (χ4v) is 3.72. The summed E-state index contributed by atoms with van der Waals surface area (Å²) < 4.78 is 0. The number of rotatable bonds is 1. The minimum absolute atomic E-state index is 0.369. The first-order valence-corrected chi connectivity index (χ1v) is 6.75. The maximum Gasteiger partial charge on any atom is 0.115 e. The van der Waals surface area contributed by atoms with Crippen LogP contribution in [0.25, 0.3) is 0 Å². The van der Waals surface area contributed by atoms with Crippen molar-refractivity contribution in [3.05, 3.63) is 29.8 Å². The number of benzene rings is 1. The zero-order valence-electron chi connectivity index (χ0n) is 10.5. The number of phenols is 1. The Morgan fingerprint density at radius 3 is 2.65 bits per heavy atom. The molecule has 2 atom stereocenters. The van der Waals surface area contributed by atoms with E-state index in [2.05, 4.69) is 24.0 Å². The van der Waals surface area contributed by atoms with Crippen LogP contribution in [0, 0.1) is 0 Å². The maximum atomic E-state index is 9.38. The van der Waals surface area contributed by atoms with E-state index in [-0.39, 0.29) is 0 Å². The predicted molar refractivity (Wildman–Crippen MR) is 69.0 cm³/mol. The third kappa shape index (κ3) is 1.85. The highest BCUT2D eigenvalue weighted by atomic mass is 16.3. The van der Waals surface area contributed by atoms with Crippen LogP contribution in [0.2, 0.25) is 0 Å². The average Bonchev–Trinajstić information content (AvgIpc) is 2.71. The van der Waals surface area contributed by atoms with Gasteiger partial charge in [0.1, 0.15) is 5.75 Å². The lowest BCUT2D eigenvalue weighted by Crippen LogP contribution is -2.46. The smallest absolute Gasteiger partial charge is 0.115 e. The Bertz CT molecular complexity index is 400. The standard InChI is InChI=1S/C15H21NO/c1-15-9-2-4-14(16(15)11-3-10-15)12-5-7-13(17)8-6-12/h5-8,14,17H,2-4,9-11H2,1H3/t14-,15+/m0/s1. The Morgan fingerprint density at radius 2 is 1.88 bits per heavy atom. The molecule has 1 aromatic carbocycles. The third-order valence-electron chi connectivity index (χ3n) is 4.65. The van der Waals surface area contributed by atoms with Crippen LogP contribution < -0.4 is 0 Å². The van der Waals surface area contributed by atoms with Crippen LogP contribution in [0.5, 0.6) is 5.75 Å². The molecule has 0 unspecified atom stereocenters. The molecule has 1 N–H and O–H groups in total. The summed E-state index contributed by atoms with van der Waals surface area (Å²) in [6.45, 7) is 3.66. The van der Waals surface area contributed by atoms with Gasteiger partial charge in [0, 0.05) is 11.6 Å². The second kappa shape index (κ2) is 4.02. The van der Waals surface area contributed by atoms with Crippen LogP contribution in [-0.2, 0) is 0 Å². The summed E-state index contributed by atoms with van der Waals surface area (Å²) in [5.74, 6) is 0.369. The number of fused-ring (bicyclic) bond motifs is 1. The lowest BCUT2D eigenvalue weighted by Gasteiger charge is -2.45. The fraction of sp³-hybridized carbons (Fsp3) is 0.600. The van der Waals surface area contributed by atoms with Crippen molar-refractivity contribution in [1.82, 2.24) is 4.90 Å². The number of hydrogen-bond acceptors (Lipinski definition) is 2. The number of piperidine rings is 1. The van der Waals surface area contributed by atoms with Gasteiger partial charge in [0.2, 0.25) is 0 Å². The van der Waals surface area contributed by atoms with Crippen LogP contribution in [0.1, 0.15) is 50.6 Å². The van der Waals surface area contributed by atoms with Gasteiger partial charge in [-0.25, -0.2) is 0 Å². The Balaban J connectivity index is 1.89. The minimum Gasteiger partial charge on any atom is -0.508 e. The summed E-state index contributed by atoms with van der Waals surface area (Å²) in [5.41, 5.74) is 1.80. The monoisotopic (exact) mass is 231 g/mol. The summed E-state index contributed by atoms with van der Waals surface area (Å²) in [7, 11) is 0. The first-order chi connectivity index (χ1) is 8.19. The molecular weight excluding hydrogens is 210 g/mol. The molecule has 2 heterocycles. The molecule has 92 valence electrons. The fourth-order valence-electron chi connectivity index (χ4n) is 3.72. The van der Waals surface area contributed by atoms with E-state index in [0.717, 1.165) is 0 Å². The van der Waals surface area contributed by atoms with E-state index in [1.807, 2.05) is 12.1 Å². The quantitative estimate of drug-likeness (QED) is 0.800. The Morgan fingerprint density at radius 1 is 1.18 bits per heavy atom. The number of phenolic OH excluding ortho intramolecular Hbond substituents is 1. The minimum atomic E-state index is 0.369. The van der Waals surface area contributed by atoms with Gasteiger partial charge in [0.05, 0.1) is 0 Å². The van der Waals surface area contributed by atoms with E-state index in [9.17, 15) is 5.11 Å². The molecule has 0 aromatic heterocycles. The van der Waals surface area contributed by atoms with Crippen LogP contribution >= 0.6 is 0 Å². The molecule has 2 nitrogen and oxygen atoms in total. The number of aromatic hydroxyl groups is 1. The normalized spacial score (nSPS) is 33.6. The van der Waals surface area contributed by atoms with Crippen LogP contribution in [0.3, 0.4) is 0 Å². The zero-order chi connectivity index (χ0) is 11.9. The van der Waals surface area contributed by atoms with Crippen molar-refractivity contribution in [1.29, 1.82) is 0 Å². The second-order valence-corrected chi connectivity index (χ2v) is 5.79. The number of nitrogens with zero attached hydrogens (tertiary/aromatic N) is 1. The summed E-state index contributed by atoms with van der Waals surface area (Å²) in [5, 5.41) is 9.38. The highest BCUT2D eigenvalue weighted by Gasteiger charge is 2.43. The van der Waals surface area contributed by atoms with Gasteiger partial charge in [0.25, 0.3) is 0 Å². The maximum absolute atomic E-state index is 9.38. The van der Waals surface area contributed by atoms with Crippen LogP contribution in [0.4, 0.5) is 0 Å². The molecule has 1 aromatic rings. The van der Waals surface area contributed by atoms with E-state index in [1.54, 1.807) is 0 Å². The molecule has 2 saturated heterocycles. The molecule has 2 aliphatic heterocycles. The van der Waals surface area contributed by atoms with Crippen molar-refractivity contribution in [2.45, 2.75) is 50.6 Å². The molecule has 17 heavy (non-hydrogen) atoms. The lowest BCUT2D eigenvalue weighted by molar-refractivity contribution is 0.0495. The van der Waals surface area contributed by atoms with Gasteiger partial charge in [-0.05, 0) is 63.3 Å². The molecule has 0 amide bonds. The first-order valence-electron chi connectivity index (χ1n) is 6.75. The van der Waals surface area contributed by atoms with Gasteiger partial charge in [-0.3, -0.25) is 4.90 Å².